The quantitative estimate of drug-likeness (QED) is 0.282. The van der Waals surface area contributed by atoms with Crippen molar-refractivity contribution in [2.75, 3.05) is 0 Å². The molecule has 0 spiro atoms. The Kier molecular flexibility index (Phi) is 2.88. The van der Waals surface area contributed by atoms with Gasteiger partial charge in [-0.25, -0.2) is 17.6 Å². The summed E-state index contributed by atoms with van der Waals surface area (Å²) >= 11 is 0. The van der Waals surface area contributed by atoms with Gasteiger partial charge in [0, 0.05) is 21.5 Å². The lowest BCUT2D eigenvalue weighted by atomic mass is 9.99. The second-order valence-corrected chi connectivity index (χ2v) is 4.49. The lowest BCUT2D eigenvalue weighted by Gasteiger charge is -2.11. The normalized spacial score (nSPS) is 11.5. The molecule has 0 bridgehead atoms. The van der Waals surface area contributed by atoms with E-state index in [9.17, 15) is 36.6 Å². The average molecular weight is 318 g/mol. The predicted molar refractivity (Wildman–Crippen MR) is 64.5 cm³/mol. The first-order chi connectivity index (χ1) is 10.3. The number of hydrogen-bond acceptors (Lipinski definition) is 2. The van der Waals surface area contributed by atoms with Gasteiger partial charge in [0.1, 0.15) is 0 Å². The molecule has 22 heavy (non-hydrogen) atoms. The summed E-state index contributed by atoms with van der Waals surface area (Å²) in [4.78, 5) is 0. The fraction of sp³-hybridized carbons (Fsp3) is 0. The molecule has 2 N–H and O–H groups in total. The van der Waals surface area contributed by atoms with Crippen LogP contribution >= 0.6 is 0 Å². The van der Waals surface area contributed by atoms with Gasteiger partial charge in [0.15, 0.2) is 34.8 Å². The first-order valence-corrected chi connectivity index (χ1v) is 5.74. The van der Waals surface area contributed by atoms with E-state index in [2.05, 4.69) is 0 Å². The van der Waals surface area contributed by atoms with Crippen molar-refractivity contribution >= 4 is 21.5 Å². The number of rotatable bonds is 0. The van der Waals surface area contributed by atoms with Crippen LogP contribution < -0.4 is 0 Å². The van der Waals surface area contributed by atoms with E-state index in [-0.39, 0.29) is 0 Å². The smallest absolute Gasteiger partial charge is 0.204 e. The molecule has 2 nitrogen and oxygen atoms in total. The van der Waals surface area contributed by atoms with Crippen LogP contribution in [-0.2, 0) is 0 Å². The van der Waals surface area contributed by atoms with E-state index in [1.54, 1.807) is 0 Å². The largest absolute Gasteiger partial charge is 0.504 e. The van der Waals surface area contributed by atoms with Crippen LogP contribution in [0.25, 0.3) is 21.5 Å². The van der Waals surface area contributed by atoms with E-state index in [0.29, 0.717) is 0 Å². The Hall–Kier alpha value is -2.64. The summed E-state index contributed by atoms with van der Waals surface area (Å²) in [5, 5.41) is 15.2. The van der Waals surface area contributed by atoms with Crippen molar-refractivity contribution in [3.63, 3.8) is 0 Å². The third kappa shape index (κ3) is 1.57. The van der Waals surface area contributed by atoms with Crippen LogP contribution in [0.3, 0.4) is 0 Å². The summed E-state index contributed by atoms with van der Waals surface area (Å²) in [5.41, 5.74) is 0. The zero-order valence-electron chi connectivity index (χ0n) is 10.3. The molecule has 0 unspecified atom stereocenters. The summed E-state index contributed by atoms with van der Waals surface area (Å²) in [6, 6.07) is 1.52. The third-order valence-corrected chi connectivity index (χ3v) is 3.34. The summed E-state index contributed by atoms with van der Waals surface area (Å²) in [6.45, 7) is 0. The summed E-state index contributed by atoms with van der Waals surface area (Å²) in [6.07, 6.45) is 0. The van der Waals surface area contributed by atoms with Crippen molar-refractivity contribution in [1.29, 1.82) is 0 Å². The van der Waals surface area contributed by atoms with Gasteiger partial charge >= 0.3 is 0 Å². The second-order valence-electron chi connectivity index (χ2n) is 4.49. The SMILES string of the molecule is Oc1c(F)c(F)c2ccc3c(O)c(F)c(F)c(F)c3c2c1F. The van der Waals surface area contributed by atoms with E-state index in [1.165, 1.54) is 0 Å². The fourth-order valence-electron chi connectivity index (χ4n) is 2.30. The Labute approximate surface area is 117 Å². The van der Waals surface area contributed by atoms with Gasteiger partial charge in [-0.05, 0) is 6.07 Å². The third-order valence-electron chi connectivity index (χ3n) is 3.34. The van der Waals surface area contributed by atoms with Crippen molar-refractivity contribution in [2.45, 2.75) is 0 Å². The molecule has 0 aromatic heterocycles. The number of aromatic hydroxyl groups is 2. The first kappa shape index (κ1) is 14.3. The van der Waals surface area contributed by atoms with E-state index >= 15 is 0 Å². The predicted octanol–water partition coefficient (Wildman–Crippen LogP) is 4.24. The van der Waals surface area contributed by atoms with Gasteiger partial charge in [-0.2, -0.15) is 8.78 Å². The van der Waals surface area contributed by atoms with Crippen molar-refractivity contribution in [1.82, 2.24) is 0 Å². The number of hydrogen-bond donors (Lipinski definition) is 2. The molecule has 0 fully saturated rings. The molecule has 0 saturated carbocycles. The van der Waals surface area contributed by atoms with Gasteiger partial charge in [-0.1, -0.05) is 6.07 Å². The van der Waals surface area contributed by atoms with Crippen molar-refractivity contribution in [3.05, 3.63) is 47.0 Å². The van der Waals surface area contributed by atoms with Gasteiger partial charge in [0.05, 0.1) is 0 Å². The highest BCUT2D eigenvalue weighted by Crippen LogP contribution is 2.41. The molecule has 0 saturated heterocycles. The van der Waals surface area contributed by atoms with Crippen LogP contribution in [0.15, 0.2) is 12.1 Å². The Balaban J connectivity index is 2.74. The Morgan fingerprint density at radius 2 is 1.00 bits per heavy atom. The highest BCUT2D eigenvalue weighted by molar-refractivity contribution is 6.10. The van der Waals surface area contributed by atoms with Crippen LogP contribution in [0.4, 0.5) is 26.3 Å². The number of phenolic OH excluding ortho intramolecular Hbond substituents is 2. The number of benzene rings is 3. The zero-order chi connectivity index (χ0) is 16.3. The van der Waals surface area contributed by atoms with Crippen molar-refractivity contribution in [3.8, 4) is 11.5 Å². The molecule has 0 heterocycles. The van der Waals surface area contributed by atoms with Gasteiger partial charge < -0.3 is 10.2 Å². The summed E-state index contributed by atoms with van der Waals surface area (Å²) < 4.78 is 81.6. The zero-order valence-corrected chi connectivity index (χ0v) is 10.3. The molecule has 3 aromatic rings. The topological polar surface area (TPSA) is 40.5 Å². The molecule has 0 amide bonds. The van der Waals surface area contributed by atoms with Crippen molar-refractivity contribution in [2.24, 2.45) is 0 Å². The highest BCUT2D eigenvalue weighted by Gasteiger charge is 2.27. The van der Waals surface area contributed by atoms with Crippen LogP contribution in [-0.4, -0.2) is 10.2 Å². The Morgan fingerprint density at radius 3 is 1.64 bits per heavy atom. The van der Waals surface area contributed by atoms with E-state index < -0.39 is 67.9 Å². The average Bonchev–Trinajstić information content (AvgIpc) is 2.52. The maximum atomic E-state index is 14.0. The minimum absolute atomic E-state index is 0.659. The molecular weight excluding hydrogens is 314 g/mol. The second kappa shape index (κ2) is 4.43. The molecule has 3 aromatic carbocycles. The summed E-state index contributed by atoms with van der Waals surface area (Å²) in [5.74, 6) is -14.3. The molecule has 114 valence electrons. The highest BCUT2D eigenvalue weighted by atomic mass is 19.2. The van der Waals surface area contributed by atoms with Crippen LogP contribution in [0.5, 0.6) is 11.5 Å². The molecule has 0 radical (unpaired) electrons. The molecule has 0 aliphatic heterocycles. The van der Waals surface area contributed by atoms with Crippen LogP contribution in [0.2, 0.25) is 0 Å². The first-order valence-electron chi connectivity index (χ1n) is 5.74. The van der Waals surface area contributed by atoms with Gasteiger partial charge in [0.25, 0.3) is 0 Å². The number of phenols is 2. The maximum Gasteiger partial charge on any atom is 0.204 e. The minimum atomic E-state index is -2.11. The molecular formula is C14H4F6O2. The number of halogens is 6. The van der Waals surface area contributed by atoms with Crippen molar-refractivity contribution < 1.29 is 36.6 Å². The van der Waals surface area contributed by atoms with E-state index in [1.807, 2.05) is 0 Å². The van der Waals surface area contributed by atoms with E-state index in [4.69, 9.17) is 0 Å². The number of fused-ring (bicyclic) bond motifs is 3. The molecule has 0 aliphatic rings. The fourth-order valence-corrected chi connectivity index (χ4v) is 2.30. The summed E-state index contributed by atoms with van der Waals surface area (Å²) in [7, 11) is 0. The Morgan fingerprint density at radius 1 is 0.500 bits per heavy atom. The van der Waals surface area contributed by atoms with Gasteiger partial charge in [0.2, 0.25) is 11.6 Å². The molecule has 8 heteroatoms. The maximum absolute atomic E-state index is 14.0. The van der Waals surface area contributed by atoms with Gasteiger partial charge in [-0.15, -0.1) is 0 Å². The minimum Gasteiger partial charge on any atom is -0.504 e. The Bertz CT molecular complexity index is 889. The van der Waals surface area contributed by atoms with Crippen LogP contribution in [0, 0.1) is 34.9 Å². The van der Waals surface area contributed by atoms with Crippen LogP contribution in [0.1, 0.15) is 0 Å². The molecule has 0 atom stereocenters. The van der Waals surface area contributed by atoms with Gasteiger partial charge in [-0.3, -0.25) is 0 Å². The lowest BCUT2D eigenvalue weighted by molar-refractivity contribution is 0.382. The molecule has 3 rings (SSSR count). The lowest BCUT2D eigenvalue weighted by Crippen LogP contribution is -1.98. The molecule has 0 aliphatic carbocycles. The monoisotopic (exact) mass is 318 g/mol. The van der Waals surface area contributed by atoms with E-state index in [0.717, 1.165) is 12.1 Å². The standard InChI is InChI=1S/C14H4F6O2/c15-7-3-1-2-4-6(5(3)9(17)14(22)11(7)19)8(16)10(18)12(20)13(4)21/h1-2,21-22H.